The lowest BCUT2D eigenvalue weighted by Gasteiger charge is -2.08. The number of nitrogens with zero attached hydrogens (tertiary/aromatic N) is 1. The van der Waals surface area contributed by atoms with Crippen LogP contribution in [0.15, 0.2) is 45.6 Å². The van der Waals surface area contributed by atoms with E-state index in [4.69, 9.17) is 4.42 Å². The minimum atomic E-state index is -0.625. The molecule has 1 fully saturated rings. The fourth-order valence-electron chi connectivity index (χ4n) is 3.53. The highest BCUT2D eigenvalue weighted by atomic mass is 127. The van der Waals surface area contributed by atoms with Gasteiger partial charge < -0.3 is 20.0 Å². The van der Waals surface area contributed by atoms with Crippen molar-refractivity contribution in [3.63, 3.8) is 0 Å². The monoisotopic (exact) mass is 514 g/mol. The molecule has 0 saturated heterocycles. The highest BCUT2D eigenvalue weighted by Gasteiger charge is 2.24. The molecule has 0 aliphatic heterocycles. The van der Waals surface area contributed by atoms with Crippen LogP contribution in [0.3, 0.4) is 0 Å². The maximum atomic E-state index is 12.6. The molecule has 0 radical (unpaired) electrons. The van der Waals surface area contributed by atoms with Crippen molar-refractivity contribution in [2.45, 2.75) is 19.8 Å². The van der Waals surface area contributed by atoms with E-state index >= 15 is 0 Å². The number of hydrogen-bond donors (Lipinski definition) is 3. The summed E-state index contributed by atoms with van der Waals surface area (Å²) in [5, 5.41) is 6.81. The van der Waals surface area contributed by atoms with Gasteiger partial charge in [-0.25, -0.2) is 9.78 Å². The van der Waals surface area contributed by atoms with Crippen molar-refractivity contribution in [3.05, 3.63) is 61.5 Å². The molecule has 0 bridgehead atoms. The minimum Gasteiger partial charge on any atom is -0.422 e. The lowest BCUT2D eigenvalue weighted by atomic mass is 10.0. The van der Waals surface area contributed by atoms with Gasteiger partial charge in [0, 0.05) is 27.3 Å². The molecule has 1 aliphatic carbocycles. The summed E-state index contributed by atoms with van der Waals surface area (Å²) in [7, 11) is 0. The normalized spacial score (nSPS) is 13.7. The second kappa shape index (κ2) is 7.42. The summed E-state index contributed by atoms with van der Waals surface area (Å²) < 4.78 is 6.59. The van der Waals surface area contributed by atoms with Gasteiger partial charge in [0.25, 0.3) is 5.91 Å². The van der Waals surface area contributed by atoms with Crippen LogP contribution in [0.5, 0.6) is 0 Å². The Labute approximate surface area is 185 Å². The Morgan fingerprint density at radius 3 is 2.90 bits per heavy atom. The Balaban J connectivity index is 1.53. The van der Waals surface area contributed by atoms with Crippen molar-refractivity contribution in [2.24, 2.45) is 5.92 Å². The number of rotatable bonds is 5. The van der Waals surface area contributed by atoms with Gasteiger partial charge in [-0.1, -0.05) is 6.07 Å². The van der Waals surface area contributed by atoms with Crippen LogP contribution in [-0.4, -0.2) is 22.4 Å². The Morgan fingerprint density at radius 2 is 2.13 bits per heavy atom. The van der Waals surface area contributed by atoms with Crippen molar-refractivity contribution >= 4 is 62.1 Å². The highest BCUT2D eigenvalue weighted by Crippen LogP contribution is 2.29. The molecule has 0 unspecified atom stereocenters. The summed E-state index contributed by atoms with van der Waals surface area (Å²) in [5.41, 5.74) is 2.85. The largest absolute Gasteiger partial charge is 0.422 e. The molecular formula is C22H19IN4O3. The van der Waals surface area contributed by atoms with Crippen LogP contribution in [0.1, 0.15) is 28.8 Å². The van der Waals surface area contributed by atoms with Crippen LogP contribution in [0.4, 0.5) is 11.6 Å². The van der Waals surface area contributed by atoms with Crippen LogP contribution in [0.2, 0.25) is 0 Å². The third-order valence-corrected chi connectivity index (χ3v) is 6.00. The quantitative estimate of drug-likeness (QED) is 0.270. The molecule has 2 aromatic heterocycles. The molecule has 7 nitrogen and oxygen atoms in total. The Morgan fingerprint density at radius 1 is 1.30 bits per heavy atom. The average molecular weight is 514 g/mol. The number of nitrogens with one attached hydrogen (secondary N) is 3. The predicted octanol–water partition coefficient (Wildman–Crippen LogP) is 4.47. The lowest BCUT2D eigenvalue weighted by molar-refractivity contribution is 0.0947. The molecule has 152 valence electrons. The third kappa shape index (κ3) is 3.67. The van der Waals surface area contributed by atoms with Crippen molar-refractivity contribution in [2.75, 3.05) is 11.9 Å². The van der Waals surface area contributed by atoms with Crippen molar-refractivity contribution in [1.29, 1.82) is 0 Å². The first kappa shape index (κ1) is 19.1. The molecule has 0 spiro atoms. The zero-order chi connectivity index (χ0) is 20.8. The number of halogens is 1. The van der Waals surface area contributed by atoms with Gasteiger partial charge in [-0.3, -0.25) is 4.79 Å². The fourth-order valence-corrected chi connectivity index (χ4v) is 4.07. The highest BCUT2D eigenvalue weighted by molar-refractivity contribution is 14.1. The number of benzene rings is 2. The number of carbonyl (C=O) groups excluding carboxylic acids is 1. The zero-order valence-corrected chi connectivity index (χ0v) is 18.4. The van der Waals surface area contributed by atoms with Crippen LogP contribution >= 0.6 is 22.6 Å². The molecule has 3 N–H and O–H groups in total. The zero-order valence-electron chi connectivity index (χ0n) is 16.2. The number of imidazole rings is 1. The van der Waals surface area contributed by atoms with Gasteiger partial charge in [-0.15, -0.1) is 0 Å². The topological polar surface area (TPSA) is 100 Å². The van der Waals surface area contributed by atoms with Crippen molar-refractivity contribution < 1.29 is 9.21 Å². The van der Waals surface area contributed by atoms with E-state index in [0.717, 1.165) is 27.6 Å². The van der Waals surface area contributed by atoms with E-state index in [1.807, 2.05) is 30.3 Å². The van der Waals surface area contributed by atoms with Gasteiger partial charge in [0.1, 0.15) is 11.1 Å². The summed E-state index contributed by atoms with van der Waals surface area (Å²) >= 11 is 2.26. The first-order chi connectivity index (χ1) is 14.5. The molecule has 2 aromatic carbocycles. The number of aromatic amines is 1. The van der Waals surface area contributed by atoms with Crippen LogP contribution in [0.25, 0.3) is 22.0 Å². The summed E-state index contributed by atoms with van der Waals surface area (Å²) in [5.74, 6) is 0.746. The number of aryl methyl sites for hydroxylation is 1. The molecule has 8 heteroatoms. The Bertz CT molecular complexity index is 1350. The smallest absolute Gasteiger partial charge is 0.349 e. The maximum absolute atomic E-state index is 12.6. The number of aromatic nitrogens is 2. The minimum absolute atomic E-state index is 0.0687. The number of H-pyrrole nitrogens is 1. The van der Waals surface area contributed by atoms with Gasteiger partial charge >= 0.3 is 5.63 Å². The van der Waals surface area contributed by atoms with Gasteiger partial charge in [-0.05, 0) is 78.1 Å². The predicted molar refractivity (Wildman–Crippen MR) is 124 cm³/mol. The second-order valence-electron chi connectivity index (χ2n) is 7.63. The van der Waals surface area contributed by atoms with E-state index in [1.54, 1.807) is 13.0 Å². The summed E-state index contributed by atoms with van der Waals surface area (Å²) in [4.78, 5) is 32.9. The molecule has 1 aliphatic rings. The third-order valence-electron chi connectivity index (χ3n) is 5.33. The number of amides is 1. The van der Waals surface area contributed by atoms with Crippen LogP contribution in [-0.2, 0) is 0 Å². The Hall–Kier alpha value is -2.88. The van der Waals surface area contributed by atoms with Gasteiger partial charge in [0.15, 0.2) is 0 Å². The van der Waals surface area contributed by atoms with E-state index in [-0.39, 0.29) is 11.5 Å². The molecule has 5 rings (SSSR count). The van der Waals surface area contributed by atoms with Gasteiger partial charge in [0.05, 0.1) is 11.0 Å². The number of fused-ring (bicyclic) bond motifs is 2. The first-order valence-electron chi connectivity index (χ1n) is 9.76. The molecule has 30 heavy (non-hydrogen) atoms. The summed E-state index contributed by atoms with van der Waals surface area (Å²) in [6.45, 7) is 2.38. The van der Waals surface area contributed by atoms with Crippen molar-refractivity contribution in [3.8, 4) is 0 Å². The number of hydrogen-bond acceptors (Lipinski definition) is 5. The lowest BCUT2D eigenvalue weighted by Crippen LogP contribution is -2.31. The standard InChI is InChI=1S/C22H19IN4O3/c1-11-15-8-16-17(27-22(26-16)25-14-4-2-3-13(23)7-14)9-18(15)30-21(29)19(11)20(28)24-10-12-5-6-12/h2-4,7-9,12H,5-6,10H2,1H3,(H,24,28)(H2,25,26,27). The average Bonchev–Trinajstić information content (AvgIpc) is 3.44. The van der Waals surface area contributed by atoms with E-state index in [0.29, 0.717) is 40.5 Å². The molecule has 4 aromatic rings. The maximum Gasteiger partial charge on any atom is 0.349 e. The molecular weight excluding hydrogens is 495 g/mol. The molecule has 2 heterocycles. The van der Waals surface area contributed by atoms with E-state index in [1.165, 1.54) is 0 Å². The summed E-state index contributed by atoms with van der Waals surface area (Å²) in [6, 6.07) is 11.5. The molecule has 1 amide bonds. The van der Waals surface area contributed by atoms with Gasteiger partial charge in [-0.2, -0.15) is 0 Å². The van der Waals surface area contributed by atoms with Crippen molar-refractivity contribution in [1.82, 2.24) is 15.3 Å². The van der Waals surface area contributed by atoms with Crippen LogP contribution < -0.4 is 16.3 Å². The van der Waals surface area contributed by atoms with E-state index in [2.05, 4.69) is 43.2 Å². The first-order valence-corrected chi connectivity index (χ1v) is 10.8. The van der Waals surface area contributed by atoms with E-state index < -0.39 is 5.63 Å². The number of carbonyl (C=O) groups is 1. The molecule has 1 saturated carbocycles. The second-order valence-corrected chi connectivity index (χ2v) is 8.87. The summed E-state index contributed by atoms with van der Waals surface area (Å²) in [6.07, 6.45) is 2.25. The Kier molecular flexibility index (Phi) is 4.73. The number of anilines is 2. The van der Waals surface area contributed by atoms with Crippen LogP contribution in [0, 0.1) is 16.4 Å². The fraction of sp³-hybridized carbons (Fsp3) is 0.227. The SMILES string of the molecule is Cc1c(C(=O)NCC2CC2)c(=O)oc2cc3nc(Nc4cccc(I)c4)[nH]c3cc12. The molecule has 0 atom stereocenters. The van der Waals surface area contributed by atoms with Gasteiger partial charge in [0.2, 0.25) is 5.95 Å². The van der Waals surface area contributed by atoms with E-state index in [9.17, 15) is 9.59 Å².